The van der Waals surface area contributed by atoms with Gasteiger partial charge >= 0.3 is 6.36 Å². The Morgan fingerprint density at radius 1 is 1.16 bits per heavy atom. The van der Waals surface area contributed by atoms with Crippen LogP contribution >= 0.6 is 24.8 Å². The number of halogens is 5. The fourth-order valence-electron chi connectivity index (χ4n) is 4.90. The van der Waals surface area contributed by atoms with Crippen molar-refractivity contribution < 1.29 is 23.0 Å². The van der Waals surface area contributed by atoms with Crippen LogP contribution in [0.5, 0.6) is 5.75 Å². The third-order valence-electron chi connectivity index (χ3n) is 6.51. The first-order chi connectivity index (χ1) is 13.7. The number of likely N-dealkylation sites (N-methyl/N-ethyl adjacent to an activating group) is 1. The summed E-state index contributed by atoms with van der Waals surface area (Å²) in [4.78, 5) is 4.59. The molecule has 0 spiro atoms. The lowest BCUT2D eigenvalue weighted by Gasteiger charge is -2.44. The number of ether oxygens (including phenoxy) is 1. The molecule has 2 fully saturated rings. The van der Waals surface area contributed by atoms with Crippen molar-refractivity contribution >= 4 is 24.8 Å². The van der Waals surface area contributed by atoms with E-state index in [1.165, 1.54) is 12.1 Å². The Morgan fingerprint density at radius 3 is 2.45 bits per heavy atom. The topological polar surface area (TPSA) is 35.9 Å². The molecule has 9 heteroatoms. The zero-order valence-corrected chi connectivity index (χ0v) is 19.9. The molecule has 1 aliphatic heterocycles. The van der Waals surface area contributed by atoms with E-state index in [9.17, 15) is 18.3 Å². The number of hydrogen-bond donors (Lipinski definition) is 1. The Kier molecular flexibility index (Phi) is 10.9. The molecule has 1 unspecified atom stereocenters. The van der Waals surface area contributed by atoms with Gasteiger partial charge in [0.15, 0.2) is 0 Å². The summed E-state index contributed by atoms with van der Waals surface area (Å²) in [5.74, 6) is -0.454. The minimum atomic E-state index is -4.72. The van der Waals surface area contributed by atoms with Gasteiger partial charge in [-0.2, -0.15) is 0 Å². The lowest BCUT2D eigenvalue weighted by Crippen LogP contribution is -2.50. The van der Waals surface area contributed by atoms with Gasteiger partial charge in [0, 0.05) is 25.0 Å². The summed E-state index contributed by atoms with van der Waals surface area (Å²) in [6, 6.07) is 6.66. The number of aliphatic hydroxyl groups is 1. The van der Waals surface area contributed by atoms with Crippen molar-refractivity contribution in [2.45, 2.75) is 68.9 Å². The number of alkyl halides is 3. The van der Waals surface area contributed by atoms with Crippen molar-refractivity contribution in [3.05, 3.63) is 29.8 Å². The Labute approximate surface area is 195 Å². The number of rotatable bonds is 6. The van der Waals surface area contributed by atoms with Crippen LogP contribution in [0, 0.1) is 0 Å². The smallest absolute Gasteiger partial charge is 0.406 e. The van der Waals surface area contributed by atoms with E-state index in [1.54, 1.807) is 6.07 Å². The Bertz CT molecular complexity index is 670. The van der Waals surface area contributed by atoms with Gasteiger partial charge in [-0.3, -0.25) is 0 Å². The molecule has 0 bridgehead atoms. The van der Waals surface area contributed by atoms with Crippen LogP contribution in [0.1, 0.15) is 56.4 Å². The van der Waals surface area contributed by atoms with Gasteiger partial charge in [-0.05, 0) is 64.0 Å². The van der Waals surface area contributed by atoms with E-state index in [1.807, 2.05) is 6.07 Å². The normalized spacial score (nSPS) is 22.9. The van der Waals surface area contributed by atoms with Crippen LogP contribution in [-0.2, 0) is 0 Å². The number of piperidine rings is 1. The molecule has 1 saturated heterocycles. The van der Waals surface area contributed by atoms with Crippen LogP contribution in [0.2, 0.25) is 0 Å². The minimum Gasteiger partial charge on any atom is -0.406 e. The van der Waals surface area contributed by atoms with Gasteiger partial charge in [0.2, 0.25) is 0 Å². The number of nitrogens with zero attached hydrogens (tertiary/aromatic N) is 2. The van der Waals surface area contributed by atoms with Gasteiger partial charge < -0.3 is 19.6 Å². The van der Waals surface area contributed by atoms with Crippen molar-refractivity contribution in [3.8, 4) is 5.75 Å². The molecule has 1 aliphatic carbocycles. The third kappa shape index (κ3) is 7.97. The van der Waals surface area contributed by atoms with Gasteiger partial charge in [-0.15, -0.1) is 38.0 Å². The predicted octanol–water partition coefficient (Wildman–Crippen LogP) is 5.23. The van der Waals surface area contributed by atoms with Gasteiger partial charge in [-0.25, -0.2) is 0 Å². The summed E-state index contributed by atoms with van der Waals surface area (Å²) >= 11 is 0. The summed E-state index contributed by atoms with van der Waals surface area (Å²) in [6.07, 6.45) is 1.89. The molecule has 4 nitrogen and oxygen atoms in total. The fraction of sp³-hybridized carbons (Fsp3) is 0.727. The average Bonchev–Trinajstić information content (AvgIpc) is 2.65. The lowest BCUT2D eigenvalue weighted by atomic mass is 9.72. The van der Waals surface area contributed by atoms with E-state index in [2.05, 4.69) is 28.6 Å². The zero-order valence-electron chi connectivity index (χ0n) is 18.2. The highest BCUT2D eigenvalue weighted by Crippen LogP contribution is 2.42. The third-order valence-corrected chi connectivity index (χ3v) is 6.51. The Hall–Kier alpha value is -0.730. The maximum atomic E-state index is 12.7. The van der Waals surface area contributed by atoms with Crippen LogP contribution in [0.25, 0.3) is 0 Å². The molecule has 1 heterocycles. The zero-order chi connectivity index (χ0) is 21.1. The molecule has 31 heavy (non-hydrogen) atoms. The van der Waals surface area contributed by atoms with Crippen LogP contribution in [0.15, 0.2) is 24.3 Å². The van der Waals surface area contributed by atoms with Crippen LogP contribution in [-0.4, -0.2) is 66.6 Å². The largest absolute Gasteiger partial charge is 0.573 e. The molecule has 1 N–H and O–H groups in total. The maximum absolute atomic E-state index is 12.7. The van der Waals surface area contributed by atoms with Crippen LogP contribution in [0.3, 0.4) is 0 Å². The molecule has 2 aliphatic rings. The molecule has 1 aromatic rings. The van der Waals surface area contributed by atoms with Gasteiger partial charge in [0.25, 0.3) is 0 Å². The molecule has 0 aromatic heterocycles. The van der Waals surface area contributed by atoms with Gasteiger partial charge in [0.05, 0.1) is 5.60 Å². The van der Waals surface area contributed by atoms with Crippen LogP contribution < -0.4 is 4.74 Å². The van der Waals surface area contributed by atoms with E-state index in [-0.39, 0.29) is 36.5 Å². The van der Waals surface area contributed by atoms with E-state index < -0.39 is 12.0 Å². The number of likely N-dealkylation sites (tertiary alicyclic amines) is 1. The molecule has 1 saturated carbocycles. The summed E-state index contributed by atoms with van der Waals surface area (Å²) in [6.45, 7) is 2.52. The fourth-order valence-corrected chi connectivity index (χ4v) is 4.90. The van der Waals surface area contributed by atoms with Crippen molar-refractivity contribution in [2.24, 2.45) is 0 Å². The Morgan fingerprint density at radius 2 is 1.84 bits per heavy atom. The molecular formula is C22H35Cl2F3N2O2. The second-order valence-electron chi connectivity index (χ2n) is 8.86. The second kappa shape index (κ2) is 11.9. The van der Waals surface area contributed by atoms with E-state index in [0.717, 1.165) is 50.8 Å². The molecule has 0 radical (unpaired) electrons. The van der Waals surface area contributed by atoms with Crippen molar-refractivity contribution in [2.75, 3.05) is 33.7 Å². The van der Waals surface area contributed by atoms with Crippen molar-refractivity contribution in [1.82, 2.24) is 9.80 Å². The number of hydrogen-bond acceptors (Lipinski definition) is 4. The highest BCUT2D eigenvalue weighted by molar-refractivity contribution is 5.85. The highest BCUT2D eigenvalue weighted by Gasteiger charge is 2.40. The van der Waals surface area contributed by atoms with E-state index >= 15 is 0 Å². The molecule has 1 aromatic carbocycles. The highest BCUT2D eigenvalue weighted by atomic mass is 35.5. The van der Waals surface area contributed by atoms with Crippen LogP contribution in [0.4, 0.5) is 13.2 Å². The monoisotopic (exact) mass is 486 g/mol. The van der Waals surface area contributed by atoms with E-state index in [4.69, 9.17) is 0 Å². The summed E-state index contributed by atoms with van der Waals surface area (Å²) in [7, 11) is 4.16. The summed E-state index contributed by atoms with van der Waals surface area (Å²) in [5.41, 5.74) is -0.164. The van der Waals surface area contributed by atoms with Crippen molar-refractivity contribution in [3.63, 3.8) is 0 Å². The van der Waals surface area contributed by atoms with Crippen molar-refractivity contribution in [1.29, 1.82) is 0 Å². The molecule has 3 rings (SSSR count). The average molecular weight is 487 g/mol. The molecule has 0 amide bonds. The summed E-state index contributed by atoms with van der Waals surface area (Å²) in [5, 5.41) is 11.5. The predicted molar refractivity (Wildman–Crippen MR) is 122 cm³/mol. The minimum absolute atomic E-state index is 0. The first-order valence-electron chi connectivity index (χ1n) is 10.6. The molecule has 180 valence electrons. The molecular weight excluding hydrogens is 452 g/mol. The Balaban J connectivity index is 0.00000240. The summed E-state index contributed by atoms with van der Waals surface area (Å²) < 4.78 is 42.3. The first kappa shape index (κ1) is 28.3. The van der Waals surface area contributed by atoms with Gasteiger partial charge in [0.1, 0.15) is 5.75 Å². The quantitative estimate of drug-likeness (QED) is 0.596. The lowest BCUT2D eigenvalue weighted by molar-refractivity contribution is -0.274. The standard InChI is InChI=1S/C22H33F3N2O2.2ClH/c1-26(2)18-9-7-13-27(15-18)16-20(21(28)11-4-3-5-12-21)17-8-6-10-19(14-17)29-22(23,24)25;;/h6,8,10,14,18,20,28H,3-5,7,9,11-13,15-16H2,1-2H3;2*1H/t18-,20?;;/m0../s1. The number of benzene rings is 1. The first-order valence-corrected chi connectivity index (χ1v) is 10.6. The second-order valence-corrected chi connectivity index (χ2v) is 8.86. The van der Waals surface area contributed by atoms with E-state index in [0.29, 0.717) is 25.4 Å². The molecule has 2 atom stereocenters. The van der Waals surface area contributed by atoms with Gasteiger partial charge in [-0.1, -0.05) is 31.4 Å². The maximum Gasteiger partial charge on any atom is 0.573 e. The SMILES string of the molecule is CN(C)[C@H]1CCCN(CC(c2cccc(OC(F)(F)F)c2)C2(O)CCCCC2)C1.Cl.Cl.